The Morgan fingerprint density at radius 3 is 2.78 bits per heavy atom. The summed E-state index contributed by atoms with van der Waals surface area (Å²) in [6.45, 7) is 1.96. The van der Waals surface area contributed by atoms with Crippen LogP contribution in [-0.4, -0.2) is 16.6 Å². The molecule has 0 bridgehead atoms. The smallest absolute Gasteiger partial charge is 0.0772 e. The minimum atomic E-state index is 0.154. The number of aryl methyl sites for hydroxylation is 1. The van der Waals surface area contributed by atoms with Gasteiger partial charge >= 0.3 is 0 Å². The van der Waals surface area contributed by atoms with Crippen molar-refractivity contribution in [3.8, 4) is 0 Å². The zero-order valence-electron chi connectivity index (χ0n) is 10.1. The van der Waals surface area contributed by atoms with Crippen LogP contribution in [0.25, 0.3) is 0 Å². The van der Waals surface area contributed by atoms with Gasteiger partial charge in [-0.15, -0.1) is 5.10 Å². The lowest BCUT2D eigenvalue weighted by Crippen LogP contribution is -2.18. The summed E-state index contributed by atoms with van der Waals surface area (Å²) in [7, 11) is 1.92. The molecule has 1 aromatic heterocycles. The molecule has 1 N–H and O–H groups in total. The zero-order chi connectivity index (χ0) is 13.1. The molecule has 0 fully saturated rings. The molecule has 0 amide bonds. The van der Waals surface area contributed by atoms with E-state index in [-0.39, 0.29) is 6.04 Å². The van der Waals surface area contributed by atoms with Gasteiger partial charge < -0.3 is 5.32 Å². The highest BCUT2D eigenvalue weighted by atomic mass is 35.5. The number of halogens is 2. The van der Waals surface area contributed by atoms with E-state index >= 15 is 0 Å². The van der Waals surface area contributed by atoms with Gasteiger partial charge in [0.1, 0.15) is 0 Å². The molecule has 0 aliphatic rings. The lowest BCUT2D eigenvalue weighted by molar-refractivity contribution is 0.598. The molecule has 0 saturated carbocycles. The van der Waals surface area contributed by atoms with Crippen molar-refractivity contribution in [2.75, 3.05) is 7.05 Å². The van der Waals surface area contributed by atoms with Crippen molar-refractivity contribution in [3.63, 3.8) is 0 Å². The van der Waals surface area contributed by atoms with Crippen LogP contribution in [0, 0.1) is 6.92 Å². The largest absolute Gasteiger partial charge is 0.312 e. The summed E-state index contributed by atoms with van der Waals surface area (Å²) in [6.07, 6.45) is 0.764. The number of hydrogen-bond acceptors (Lipinski definition) is 4. The first-order valence-corrected chi connectivity index (χ1v) is 7.05. The predicted molar refractivity (Wildman–Crippen MR) is 76.6 cm³/mol. The number of hydrogen-bond donors (Lipinski definition) is 1. The van der Waals surface area contributed by atoms with Crippen molar-refractivity contribution in [2.45, 2.75) is 19.4 Å². The Bertz CT molecular complexity index is 542. The highest BCUT2D eigenvalue weighted by Gasteiger charge is 2.17. The lowest BCUT2D eigenvalue weighted by atomic mass is 10.0. The second kappa shape index (κ2) is 5.97. The van der Waals surface area contributed by atoms with Gasteiger partial charge in [-0.3, -0.25) is 0 Å². The fraction of sp³-hybridized carbons (Fsp3) is 0.333. The Hall–Kier alpha value is -0.680. The van der Waals surface area contributed by atoms with Gasteiger partial charge in [0.05, 0.1) is 20.6 Å². The van der Waals surface area contributed by atoms with Crippen molar-refractivity contribution in [3.05, 3.63) is 44.4 Å². The maximum Gasteiger partial charge on any atom is 0.0772 e. The van der Waals surface area contributed by atoms with E-state index in [0.29, 0.717) is 10.0 Å². The van der Waals surface area contributed by atoms with Gasteiger partial charge in [-0.05, 0) is 43.6 Å². The fourth-order valence-electron chi connectivity index (χ4n) is 1.81. The number of benzene rings is 1. The lowest BCUT2D eigenvalue weighted by Gasteiger charge is -2.15. The quantitative estimate of drug-likeness (QED) is 0.936. The summed E-state index contributed by atoms with van der Waals surface area (Å²) in [5.41, 5.74) is 1.98. The van der Waals surface area contributed by atoms with Crippen molar-refractivity contribution in [1.29, 1.82) is 0 Å². The first kappa shape index (κ1) is 13.7. The van der Waals surface area contributed by atoms with E-state index in [0.717, 1.165) is 22.6 Å². The second-order valence-electron chi connectivity index (χ2n) is 3.98. The highest BCUT2D eigenvalue weighted by Crippen LogP contribution is 2.30. The summed E-state index contributed by atoms with van der Waals surface area (Å²) in [5, 5.41) is 8.51. The number of aromatic nitrogens is 2. The van der Waals surface area contributed by atoms with Crippen LogP contribution in [0.15, 0.2) is 18.2 Å². The summed E-state index contributed by atoms with van der Waals surface area (Å²) in [4.78, 5) is 1.13. The molecule has 1 atom stereocenters. The van der Waals surface area contributed by atoms with Gasteiger partial charge in [-0.2, -0.15) is 0 Å². The Morgan fingerprint density at radius 2 is 2.17 bits per heavy atom. The number of likely N-dealkylation sites (N-methyl/N-ethyl adjacent to an activating group) is 1. The van der Waals surface area contributed by atoms with Crippen LogP contribution >= 0.6 is 34.7 Å². The molecule has 0 spiro atoms. The van der Waals surface area contributed by atoms with Gasteiger partial charge in [0.15, 0.2) is 0 Å². The number of rotatable bonds is 4. The van der Waals surface area contributed by atoms with E-state index in [4.69, 9.17) is 23.2 Å². The van der Waals surface area contributed by atoms with E-state index in [9.17, 15) is 0 Å². The summed E-state index contributed by atoms with van der Waals surface area (Å²) in [5.74, 6) is 0. The van der Waals surface area contributed by atoms with Crippen LogP contribution in [0.5, 0.6) is 0 Å². The molecule has 1 aromatic carbocycles. The van der Waals surface area contributed by atoms with E-state index in [1.807, 2.05) is 26.1 Å². The van der Waals surface area contributed by atoms with E-state index in [1.54, 1.807) is 6.07 Å². The summed E-state index contributed by atoms with van der Waals surface area (Å²) >= 11 is 13.6. The van der Waals surface area contributed by atoms with Crippen LogP contribution in [0.3, 0.4) is 0 Å². The van der Waals surface area contributed by atoms with Gasteiger partial charge in [0.25, 0.3) is 0 Å². The van der Waals surface area contributed by atoms with Crippen LogP contribution < -0.4 is 5.32 Å². The molecule has 2 rings (SSSR count). The minimum absolute atomic E-state index is 0.154. The molecule has 0 saturated heterocycles. The fourth-order valence-corrected chi connectivity index (χ4v) is 2.96. The van der Waals surface area contributed by atoms with Crippen LogP contribution in [0.4, 0.5) is 0 Å². The van der Waals surface area contributed by atoms with Gasteiger partial charge in [-0.25, -0.2) is 0 Å². The van der Waals surface area contributed by atoms with Gasteiger partial charge in [0, 0.05) is 6.04 Å². The Labute approximate surface area is 120 Å². The maximum absolute atomic E-state index is 6.21. The van der Waals surface area contributed by atoms with Crippen molar-refractivity contribution in [2.24, 2.45) is 0 Å². The van der Waals surface area contributed by atoms with Gasteiger partial charge in [0.2, 0.25) is 0 Å². The number of nitrogens with zero attached hydrogens (tertiary/aromatic N) is 2. The van der Waals surface area contributed by atoms with Gasteiger partial charge in [-0.1, -0.05) is 39.8 Å². The maximum atomic E-state index is 6.21. The molecule has 2 aromatic rings. The third-order valence-corrected chi connectivity index (χ3v) is 4.61. The molecule has 1 heterocycles. The highest BCUT2D eigenvalue weighted by molar-refractivity contribution is 7.05. The molecule has 1 unspecified atom stereocenters. The molecule has 6 heteroatoms. The summed E-state index contributed by atoms with van der Waals surface area (Å²) < 4.78 is 3.96. The first-order chi connectivity index (χ1) is 8.63. The summed E-state index contributed by atoms with van der Waals surface area (Å²) in [6, 6.07) is 5.85. The van der Waals surface area contributed by atoms with E-state index in [1.165, 1.54) is 11.5 Å². The third-order valence-electron chi connectivity index (χ3n) is 2.81. The Balaban J connectivity index is 2.26. The third kappa shape index (κ3) is 2.83. The van der Waals surface area contributed by atoms with Crippen LogP contribution in [0.2, 0.25) is 10.0 Å². The van der Waals surface area contributed by atoms with E-state index in [2.05, 4.69) is 14.9 Å². The van der Waals surface area contributed by atoms with E-state index < -0.39 is 0 Å². The van der Waals surface area contributed by atoms with Crippen molar-refractivity contribution >= 4 is 34.7 Å². The monoisotopic (exact) mass is 301 g/mol. The standard InChI is InChI=1S/C12H13Cl2N3S/c1-7-12(18-17-16-7)10(15-2)6-8-4-3-5-9(13)11(8)14/h3-5,10,15H,6H2,1-2H3. The molecule has 18 heavy (non-hydrogen) atoms. The molecular weight excluding hydrogens is 289 g/mol. The molecule has 96 valence electrons. The first-order valence-electron chi connectivity index (χ1n) is 5.52. The zero-order valence-corrected chi connectivity index (χ0v) is 12.4. The number of nitrogens with one attached hydrogen (secondary N) is 1. The molecule has 0 aliphatic heterocycles. The van der Waals surface area contributed by atoms with Crippen molar-refractivity contribution in [1.82, 2.24) is 14.9 Å². The normalized spacial score (nSPS) is 12.7. The Morgan fingerprint density at radius 1 is 1.39 bits per heavy atom. The topological polar surface area (TPSA) is 37.8 Å². The SMILES string of the molecule is CNC(Cc1cccc(Cl)c1Cl)c1snnc1C. The van der Waals surface area contributed by atoms with Crippen LogP contribution in [-0.2, 0) is 6.42 Å². The second-order valence-corrected chi connectivity index (χ2v) is 5.55. The average molecular weight is 302 g/mol. The van der Waals surface area contributed by atoms with Crippen molar-refractivity contribution < 1.29 is 0 Å². The molecule has 0 aliphatic carbocycles. The van der Waals surface area contributed by atoms with Crippen LogP contribution in [0.1, 0.15) is 22.2 Å². The molecule has 3 nitrogen and oxygen atoms in total. The molecular formula is C12H13Cl2N3S. The minimum Gasteiger partial charge on any atom is -0.312 e. The molecule has 0 radical (unpaired) electrons. The average Bonchev–Trinajstić information content (AvgIpc) is 2.77. The predicted octanol–water partition coefficient (Wildman–Crippen LogP) is 3.66. The Kier molecular flexibility index (Phi) is 4.56.